The van der Waals surface area contributed by atoms with Crippen molar-refractivity contribution in [2.75, 3.05) is 41.7 Å². The minimum absolute atomic E-state index is 0.0669. The lowest BCUT2D eigenvalue weighted by Crippen LogP contribution is -2.34. The summed E-state index contributed by atoms with van der Waals surface area (Å²) in [7, 11) is 0. The Labute approximate surface area is 184 Å². The molecule has 2 aliphatic rings. The molecule has 2 saturated heterocycles. The molecule has 2 fully saturated rings. The Bertz CT molecular complexity index is 914. The third kappa shape index (κ3) is 5.19. The topological polar surface area (TPSA) is 64.7 Å². The zero-order chi connectivity index (χ0) is 21.6. The minimum Gasteiger partial charge on any atom is -0.371 e. The number of piperidine rings is 1. The highest BCUT2D eigenvalue weighted by atomic mass is 16.2. The summed E-state index contributed by atoms with van der Waals surface area (Å²) in [6.07, 6.45) is 6.62. The van der Waals surface area contributed by atoms with Crippen molar-refractivity contribution in [1.82, 2.24) is 4.90 Å². The molecule has 0 atom stereocenters. The van der Waals surface area contributed by atoms with Crippen molar-refractivity contribution < 1.29 is 9.59 Å². The zero-order valence-electron chi connectivity index (χ0n) is 18.3. The van der Waals surface area contributed by atoms with Crippen LogP contribution in [0.4, 0.5) is 21.9 Å². The van der Waals surface area contributed by atoms with Gasteiger partial charge in [0.05, 0.1) is 5.56 Å². The molecule has 6 nitrogen and oxygen atoms in total. The maximum atomic E-state index is 13.3. The van der Waals surface area contributed by atoms with E-state index in [4.69, 9.17) is 0 Å². The lowest BCUT2D eigenvalue weighted by Gasteiger charge is -2.31. The van der Waals surface area contributed by atoms with Gasteiger partial charge in [-0.05, 0) is 74.4 Å². The first-order chi connectivity index (χ1) is 15.1. The number of aryl methyl sites for hydroxylation is 1. The Morgan fingerprint density at radius 1 is 0.806 bits per heavy atom. The van der Waals surface area contributed by atoms with Gasteiger partial charge in [0.2, 0.25) is 0 Å². The average Bonchev–Trinajstić information content (AvgIpc) is 3.34. The highest BCUT2D eigenvalue weighted by molar-refractivity contribution is 6.04. The van der Waals surface area contributed by atoms with Crippen molar-refractivity contribution in [2.24, 2.45) is 0 Å². The Balaban J connectivity index is 1.52. The van der Waals surface area contributed by atoms with Crippen LogP contribution in [0.1, 0.15) is 54.9 Å². The van der Waals surface area contributed by atoms with Crippen LogP contribution >= 0.6 is 0 Å². The van der Waals surface area contributed by atoms with E-state index >= 15 is 0 Å². The second-order valence-electron chi connectivity index (χ2n) is 8.41. The second kappa shape index (κ2) is 9.86. The molecule has 3 amide bonds. The number of hydrogen-bond donors (Lipinski definition) is 2. The predicted molar refractivity (Wildman–Crippen MR) is 126 cm³/mol. The van der Waals surface area contributed by atoms with Gasteiger partial charge in [-0.25, -0.2) is 4.79 Å². The van der Waals surface area contributed by atoms with Crippen molar-refractivity contribution in [3.05, 3.63) is 53.6 Å². The fourth-order valence-electron chi connectivity index (χ4n) is 4.40. The van der Waals surface area contributed by atoms with Gasteiger partial charge >= 0.3 is 6.03 Å². The number of likely N-dealkylation sites (tertiary alicyclic amines) is 1. The number of anilines is 3. The van der Waals surface area contributed by atoms with E-state index in [1.165, 1.54) is 12.0 Å². The van der Waals surface area contributed by atoms with Gasteiger partial charge in [0.25, 0.3) is 5.91 Å². The van der Waals surface area contributed by atoms with Crippen molar-refractivity contribution >= 4 is 29.0 Å². The molecular weight excluding hydrogens is 388 g/mol. The summed E-state index contributed by atoms with van der Waals surface area (Å²) < 4.78 is 0. The largest absolute Gasteiger partial charge is 0.371 e. The molecule has 31 heavy (non-hydrogen) atoms. The lowest BCUT2D eigenvalue weighted by molar-refractivity contribution is 0.0793. The van der Waals surface area contributed by atoms with E-state index in [1.54, 1.807) is 0 Å². The molecule has 164 valence electrons. The summed E-state index contributed by atoms with van der Waals surface area (Å²) in [5, 5.41) is 5.76. The van der Waals surface area contributed by atoms with E-state index in [0.717, 1.165) is 69.7 Å². The van der Waals surface area contributed by atoms with Gasteiger partial charge in [-0.2, -0.15) is 0 Å². The maximum Gasteiger partial charge on any atom is 0.323 e. The van der Waals surface area contributed by atoms with E-state index in [0.29, 0.717) is 11.3 Å². The number of benzene rings is 2. The summed E-state index contributed by atoms with van der Waals surface area (Å²) in [4.78, 5) is 30.0. The molecule has 0 spiro atoms. The van der Waals surface area contributed by atoms with Gasteiger partial charge in [0.1, 0.15) is 0 Å². The second-order valence-corrected chi connectivity index (χ2v) is 8.41. The highest BCUT2D eigenvalue weighted by Crippen LogP contribution is 2.29. The fraction of sp³-hybridized carbons (Fsp3) is 0.440. The first-order valence-electron chi connectivity index (χ1n) is 11.5. The molecule has 2 aromatic rings. The zero-order valence-corrected chi connectivity index (χ0v) is 18.3. The maximum absolute atomic E-state index is 13.3. The molecule has 2 aromatic carbocycles. The van der Waals surface area contributed by atoms with Crippen LogP contribution in [-0.2, 0) is 6.42 Å². The summed E-state index contributed by atoms with van der Waals surface area (Å²) in [6.45, 7) is 5.67. The molecule has 2 N–H and O–H groups in total. The van der Waals surface area contributed by atoms with Gasteiger partial charge in [-0.3, -0.25) is 4.79 Å². The van der Waals surface area contributed by atoms with Crippen LogP contribution in [0.5, 0.6) is 0 Å². The van der Waals surface area contributed by atoms with E-state index in [9.17, 15) is 9.59 Å². The Morgan fingerprint density at radius 2 is 1.42 bits per heavy atom. The summed E-state index contributed by atoms with van der Waals surface area (Å²) in [6, 6.07) is 13.2. The number of carbonyl (C=O) groups excluding carboxylic acids is 2. The molecule has 4 rings (SSSR count). The van der Waals surface area contributed by atoms with E-state index in [1.807, 2.05) is 47.4 Å². The minimum atomic E-state index is -0.311. The van der Waals surface area contributed by atoms with E-state index in [-0.39, 0.29) is 11.9 Å². The Kier molecular flexibility index (Phi) is 6.75. The molecule has 6 heteroatoms. The number of hydrogen-bond acceptors (Lipinski definition) is 3. The monoisotopic (exact) mass is 420 g/mol. The molecule has 0 radical (unpaired) electrons. The Morgan fingerprint density at radius 3 is 2.10 bits per heavy atom. The molecule has 2 aliphatic heterocycles. The SMILES string of the molecule is CCc1ccc(NC(=O)Nc2ccc(N3CCCCC3)c(C(=O)N3CCCC3)c2)cc1. The van der Waals surface area contributed by atoms with Crippen molar-refractivity contribution in [1.29, 1.82) is 0 Å². The van der Waals surface area contributed by atoms with E-state index < -0.39 is 0 Å². The van der Waals surface area contributed by atoms with Crippen LogP contribution in [0.15, 0.2) is 42.5 Å². The first kappa shape index (κ1) is 21.2. The van der Waals surface area contributed by atoms with Crippen LogP contribution in [0, 0.1) is 0 Å². The first-order valence-corrected chi connectivity index (χ1v) is 11.5. The number of rotatable bonds is 5. The smallest absolute Gasteiger partial charge is 0.323 e. The number of nitrogens with one attached hydrogen (secondary N) is 2. The fourth-order valence-corrected chi connectivity index (χ4v) is 4.40. The predicted octanol–water partition coefficient (Wildman–Crippen LogP) is 5.12. The number of urea groups is 1. The number of nitrogens with zero attached hydrogens (tertiary/aromatic N) is 2. The van der Waals surface area contributed by atoms with Crippen molar-refractivity contribution in [2.45, 2.75) is 45.4 Å². The van der Waals surface area contributed by atoms with Crippen LogP contribution in [0.3, 0.4) is 0 Å². The number of carbonyl (C=O) groups is 2. The van der Waals surface area contributed by atoms with Gasteiger partial charge in [-0.15, -0.1) is 0 Å². The molecule has 0 aromatic heterocycles. The van der Waals surface area contributed by atoms with Crippen LogP contribution < -0.4 is 15.5 Å². The number of amides is 3. The quantitative estimate of drug-likeness (QED) is 0.706. The molecular formula is C25H32N4O2. The molecule has 0 bridgehead atoms. The van der Waals surface area contributed by atoms with Gasteiger partial charge < -0.3 is 20.4 Å². The average molecular weight is 421 g/mol. The van der Waals surface area contributed by atoms with Crippen molar-refractivity contribution in [3.8, 4) is 0 Å². The normalized spacial score (nSPS) is 16.3. The van der Waals surface area contributed by atoms with E-state index in [2.05, 4.69) is 22.5 Å². The summed E-state index contributed by atoms with van der Waals surface area (Å²) in [5.41, 5.74) is 4.27. The Hall–Kier alpha value is -3.02. The summed E-state index contributed by atoms with van der Waals surface area (Å²) >= 11 is 0. The third-order valence-corrected chi connectivity index (χ3v) is 6.19. The van der Waals surface area contributed by atoms with Gasteiger partial charge in [0, 0.05) is 43.2 Å². The standard InChI is InChI=1S/C25H32N4O2/c1-2-19-8-10-20(11-9-19)26-25(31)27-21-12-13-23(28-14-4-3-5-15-28)22(18-21)24(30)29-16-6-7-17-29/h8-13,18H,2-7,14-17H2,1H3,(H2,26,27,31). The van der Waals surface area contributed by atoms with Gasteiger partial charge in [0.15, 0.2) is 0 Å². The van der Waals surface area contributed by atoms with Crippen LogP contribution in [0.2, 0.25) is 0 Å². The van der Waals surface area contributed by atoms with Crippen LogP contribution in [0.25, 0.3) is 0 Å². The lowest BCUT2D eigenvalue weighted by atomic mass is 10.1. The molecule has 0 unspecified atom stereocenters. The third-order valence-electron chi connectivity index (χ3n) is 6.19. The summed E-state index contributed by atoms with van der Waals surface area (Å²) in [5.74, 6) is 0.0669. The molecule has 0 aliphatic carbocycles. The van der Waals surface area contributed by atoms with Gasteiger partial charge in [-0.1, -0.05) is 19.1 Å². The van der Waals surface area contributed by atoms with Crippen LogP contribution in [-0.4, -0.2) is 43.0 Å². The molecule has 0 saturated carbocycles. The van der Waals surface area contributed by atoms with Crippen molar-refractivity contribution in [3.63, 3.8) is 0 Å². The molecule has 2 heterocycles. The highest BCUT2D eigenvalue weighted by Gasteiger charge is 2.25.